The van der Waals surface area contributed by atoms with Crippen molar-refractivity contribution in [3.05, 3.63) is 0 Å². The van der Waals surface area contributed by atoms with Crippen LogP contribution in [0.2, 0.25) is 0 Å². The Kier molecular flexibility index (Phi) is 2.03. The van der Waals surface area contributed by atoms with E-state index in [1.807, 2.05) is 0 Å². The van der Waals surface area contributed by atoms with Crippen molar-refractivity contribution in [1.29, 1.82) is 0 Å². The highest BCUT2D eigenvalue weighted by molar-refractivity contribution is 6.38. The van der Waals surface area contributed by atoms with E-state index >= 15 is 0 Å². The van der Waals surface area contributed by atoms with Gasteiger partial charge in [-0.05, 0) is 0 Å². The Morgan fingerprint density at radius 2 is 1.78 bits per heavy atom. The summed E-state index contributed by atoms with van der Waals surface area (Å²) in [7, 11) is 0. The molecule has 52 valence electrons. The predicted octanol–water partition coefficient (Wildman–Crippen LogP) is -2.26. The number of hydrogen-bond donors (Lipinski definition) is 3. The number of Topliss-reactive ketones (excluding diaryl/α,β-unsaturated/α-hetero) is 2. The second kappa shape index (κ2) is 2.22. The molecular weight excluding hydrogens is 126 g/mol. The molecule has 0 rings (SSSR count). The highest BCUT2D eigenvalue weighted by atomic mass is 16.5. The van der Waals surface area contributed by atoms with Crippen LogP contribution in [0.15, 0.2) is 0 Å². The van der Waals surface area contributed by atoms with E-state index in [2.05, 4.69) is 5.73 Å². The summed E-state index contributed by atoms with van der Waals surface area (Å²) in [5.74, 6) is -5.41. The SMILES string of the molecule is CC(=O)C(=O)C(N)(O)O. The molecule has 0 bridgehead atoms. The first-order chi connectivity index (χ1) is 3.85. The molecule has 0 atom stereocenters. The average Bonchev–Trinajstić information content (AvgIpc) is 1.62. The fourth-order valence-electron chi connectivity index (χ4n) is 0.259. The van der Waals surface area contributed by atoms with Crippen LogP contribution >= 0.6 is 0 Å². The summed E-state index contributed by atoms with van der Waals surface area (Å²) in [5, 5.41) is 16.4. The van der Waals surface area contributed by atoms with Gasteiger partial charge in [-0.3, -0.25) is 15.3 Å². The van der Waals surface area contributed by atoms with Crippen LogP contribution in [0.4, 0.5) is 0 Å². The van der Waals surface area contributed by atoms with Gasteiger partial charge in [0, 0.05) is 6.92 Å². The summed E-state index contributed by atoms with van der Waals surface area (Å²) in [4.78, 5) is 20.2. The van der Waals surface area contributed by atoms with Crippen molar-refractivity contribution in [1.82, 2.24) is 0 Å². The number of nitrogens with two attached hydrogens (primary N) is 1. The molecule has 0 heterocycles. The third kappa shape index (κ3) is 2.31. The zero-order valence-electron chi connectivity index (χ0n) is 4.79. The van der Waals surface area contributed by atoms with E-state index < -0.39 is 17.5 Å². The van der Waals surface area contributed by atoms with Crippen LogP contribution in [0.3, 0.4) is 0 Å². The Hall–Kier alpha value is -0.780. The molecule has 0 fully saturated rings. The number of carbonyl (C=O) groups is 2. The lowest BCUT2D eigenvalue weighted by molar-refractivity contribution is -0.181. The van der Waals surface area contributed by atoms with E-state index in [1.54, 1.807) is 0 Å². The Morgan fingerprint density at radius 1 is 1.44 bits per heavy atom. The fourth-order valence-corrected chi connectivity index (χ4v) is 0.259. The molecule has 9 heavy (non-hydrogen) atoms. The Labute approximate surface area is 51.1 Å². The monoisotopic (exact) mass is 133 g/mol. The molecule has 0 radical (unpaired) electrons. The van der Waals surface area contributed by atoms with Crippen molar-refractivity contribution in [2.45, 2.75) is 12.8 Å². The first-order valence-corrected chi connectivity index (χ1v) is 2.14. The standard InChI is InChI=1S/C4H7NO4/c1-2(6)3(7)4(5,8)9/h8-9H,5H2,1H3. The molecule has 0 aliphatic rings. The van der Waals surface area contributed by atoms with Gasteiger partial charge in [-0.1, -0.05) is 0 Å². The Balaban J connectivity index is 4.23. The molecule has 0 aliphatic carbocycles. The first-order valence-electron chi connectivity index (χ1n) is 2.14. The minimum atomic E-state index is -3.01. The van der Waals surface area contributed by atoms with Crippen molar-refractivity contribution >= 4 is 11.6 Å². The molecule has 5 heteroatoms. The van der Waals surface area contributed by atoms with Gasteiger partial charge >= 0.3 is 0 Å². The first kappa shape index (κ1) is 8.22. The zero-order chi connectivity index (χ0) is 7.65. The lowest BCUT2D eigenvalue weighted by Crippen LogP contribution is -2.50. The summed E-state index contributed by atoms with van der Waals surface area (Å²) in [5.41, 5.74) is 4.42. The maximum Gasteiger partial charge on any atom is 0.290 e. The smallest absolute Gasteiger partial charge is 0.290 e. The molecule has 5 nitrogen and oxygen atoms in total. The minimum Gasteiger partial charge on any atom is -0.347 e. The van der Waals surface area contributed by atoms with E-state index in [9.17, 15) is 9.59 Å². The van der Waals surface area contributed by atoms with Crippen LogP contribution < -0.4 is 5.73 Å². The van der Waals surface area contributed by atoms with Crippen LogP contribution in [0, 0.1) is 0 Å². The molecule has 0 saturated carbocycles. The fraction of sp³-hybridized carbons (Fsp3) is 0.500. The highest BCUT2D eigenvalue weighted by Crippen LogP contribution is 1.90. The maximum atomic E-state index is 10.2. The van der Waals surface area contributed by atoms with Crippen molar-refractivity contribution in [2.75, 3.05) is 0 Å². The third-order valence-electron chi connectivity index (χ3n) is 0.654. The van der Waals surface area contributed by atoms with Crippen molar-refractivity contribution < 1.29 is 19.8 Å². The number of ketones is 2. The van der Waals surface area contributed by atoms with Crippen LogP contribution in [0.1, 0.15) is 6.92 Å². The maximum absolute atomic E-state index is 10.2. The van der Waals surface area contributed by atoms with E-state index in [-0.39, 0.29) is 0 Å². The van der Waals surface area contributed by atoms with E-state index in [1.165, 1.54) is 0 Å². The molecule has 0 saturated heterocycles. The quantitative estimate of drug-likeness (QED) is 0.291. The summed E-state index contributed by atoms with van der Waals surface area (Å²) in [6, 6.07) is 0. The predicted molar refractivity (Wildman–Crippen MR) is 27.0 cm³/mol. The lowest BCUT2D eigenvalue weighted by atomic mass is 10.2. The van der Waals surface area contributed by atoms with E-state index in [4.69, 9.17) is 10.2 Å². The molecule has 0 amide bonds. The van der Waals surface area contributed by atoms with Gasteiger partial charge < -0.3 is 10.2 Å². The molecule has 0 aromatic carbocycles. The number of aliphatic hydroxyl groups is 2. The molecule has 0 aromatic rings. The zero-order valence-corrected chi connectivity index (χ0v) is 4.79. The molecule has 0 aliphatic heterocycles. The lowest BCUT2D eigenvalue weighted by Gasteiger charge is -2.09. The van der Waals surface area contributed by atoms with Gasteiger partial charge in [0.05, 0.1) is 0 Å². The molecule has 0 unspecified atom stereocenters. The van der Waals surface area contributed by atoms with E-state index in [0.29, 0.717) is 0 Å². The Bertz CT molecular complexity index is 145. The van der Waals surface area contributed by atoms with Gasteiger partial charge in [-0.15, -0.1) is 0 Å². The average molecular weight is 133 g/mol. The largest absolute Gasteiger partial charge is 0.347 e. The number of hydrogen-bond acceptors (Lipinski definition) is 5. The van der Waals surface area contributed by atoms with E-state index in [0.717, 1.165) is 6.92 Å². The number of carbonyl (C=O) groups excluding carboxylic acids is 2. The summed E-state index contributed by atoms with van der Waals surface area (Å²) >= 11 is 0. The topological polar surface area (TPSA) is 101 Å². The van der Waals surface area contributed by atoms with Crippen LogP contribution in [0.5, 0.6) is 0 Å². The summed E-state index contributed by atoms with van der Waals surface area (Å²) in [6.45, 7) is 0.899. The van der Waals surface area contributed by atoms with Crippen LogP contribution in [0.25, 0.3) is 0 Å². The molecule has 4 N–H and O–H groups in total. The van der Waals surface area contributed by atoms with Gasteiger partial charge in [-0.2, -0.15) is 0 Å². The van der Waals surface area contributed by atoms with Crippen molar-refractivity contribution in [3.8, 4) is 0 Å². The second-order valence-electron chi connectivity index (χ2n) is 1.61. The molecular formula is C4H7NO4. The minimum absolute atomic E-state index is 0.899. The third-order valence-corrected chi connectivity index (χ3v) is 0.654. The summed E-state index contributed by atoms with van der Waals surface area (Å²) < 4.78 is 0. The van der Waals surface area contributed by atoms with Gasteiger partial charge in [0.1, 0.15) is 0 Å². The van der Waals surface area contributed by atoms with Gasteiger partial charge in [0.2, 0.25) is 5.78 Å². The van der Waals surface area contributed by atoms with Gasteiger partial charge in [0.25, 0.3) is 11.7 Å². The normalized spacial score (nSPS) is 11.1. The Morgan fingerprint density at radius 3 is 1.78 bits per heavy atom. The number of rotatable bonds is 2. The molecule has 0 aromatic heterocycles. The highest BCUT2D eigenvalue weighted by Gasteiger charge is 2.30. The molecule has 0 spiro atoms. The summed E-state index contributed by atoms with van der Waals surface area (Å²) in [6.07, 6.45) is 0. The van der Waals surface area contributed by atoms with Gasteiger partial charge in [-0.25, -0.2) is 0 Å². The van der Waals surface area contributed by atoms with Gasteiger partial charge in [0.15, 0.2) is 0 Å². The van der Waals surface area contributed by atoms with Crippen LogP contribution in [-0.4, -0.2) is 27.7 Å². The van der Waals surface area contributed by atoms with Crippen LogP contribution in [-0.2, 0) is 9.59 Å². The van der Waals surface area contributed by atoms with Crippen molar-refractivity contribution in [3.63, 3.8) is 0 Å². The second-order valence-corrected chi connectivity index (χ2v) is 1.61. The van der Waals surface area contributed by atoms with Crippen molar-refractivity contribution in [2.24, 2.45) is 5.73 Å².